The monoisotopic (exact) mass is 424 g/mol. The number of rotatable bonds is 6. The molecule has 1 saturated carbocycles. The highest BCUT2D eigenvalue weighted by Gasteiger charge is 2.43. The topological polar surface area (TPSA) is 40.6 Å². The molecule has 4 heteroatoms. The Labute approximate surface area is 188 Å². The molecule has 4 rings (SSSR count). The van der Waals surface area contributed by atoms with Crippen LogP contribution in [-0.4, -0.2) is 45.7 Å². The molecule has 3 atom stereocenters. The Morgan fingerprint density at radius 1 is 0.839 bits per heavy atom. The van der Waals surface area contributed by atoms with Gasteiger partial charge in [0, 0.05) is 30.7 Å². The zero-order valence-corrected chi connectivity index (χ0v) is 19.3. The first-order valence-corrected chi connectivity index (χ1v) is 12.7. The van der Waals surface area contributed by atoms with E-state index in [0.717, 1.165) is 24.4 Å². The SMILES string of the molecule is CC(=O)CC(=O)N(Cc1ccccc1)[C@H]1C[C@H]2CCC[C@@H](C1)N2C1CCCCCCC1. The molecule has 2 saturated heterocycles. The summed E-state index contributed by atoms with van der Waals surface area (Å²) >= 11 is 0. The number of carbonyl (C=O) groups excluding carboxylic acids is 2. The summed E-state index contributed by atoms with van der Waals surface area (Å²) in [5.41, 5.74) is 1.16. The van der Waals surface area contributed by atoms with Gasteiger partial charge in [-0.25, -0.2) is 0 Å². The number of hydrogen-bond acceptors (Lipinski definition) is 3. The number of carbonyl (C=O) groups is 2. The lowest BCUT2D eigenvalue weighted by molar-refractivity contribution is -0.140. The highest BCUT2D eigenvalue weighted by molar-refractivity contribution is 5.96. The van der Waals surface area contributed by atoms with E-state index in [-0.39, 0.29) is 24.2 Å². The van der Waals surface area contributed by atoms with Crippen LogP contribution in [0.5, 0.6) is 0 Å². The lowest BCUT2D eigenvalue weighted by Crippen LogP contribution is -2.60. The second-order valence-electron chi connectivity index (χ2n) is 10.2. The Bertz CT molecular complexity index is 712. The van der Waals surface area contributed by atoms with E-state index in [1.54, 1.807) is 0 Å². The molecular formula is C27H40N2O2. The molecule has 0 radical (unpaired) electrons. The van der Waals surface area contributed by atoms with Gasteiger partial charge in [-0.1, -0.05) is 68.9 Å². The van der Waals surface area contributed by atoms with Crippen LogP contribution in [0.15, 0.2) is 30.3 Å². The number of nitrogens with zero attached hydrogens (tertiary/aromatic N) is 2. The number of fused-ring (bicyclic) bond motifs is 2. The molecule has 170 valence electrons. The molecule has 1 amide bonds. The number of ketones is 1. The van der Waals surface area contributed by atoms with Crippen molar-refractivity contribution >= 4 is 11.7 Å². The predicted octanol–water partition coefficient (Wildman–Crippen LogP) is 5.49. The van der Waals surface area contributed by atoms with Crippen LogP contribution in [0.2, 0.25) is 0 Å². The van der Waals surface area contributed by atoms with Crippen LogP contribution in [0.3, 0.4) is 0 Å². The van der Waals surface area contributed by atoms with Gasteiger partial charge in [-0.05, 0) is 51.0 Å². The Hall–Kier alpha value is -1.68. The quantitative estimate of drug-likeness (QED) is 0.567. The second kappa shape index (κ2) is 10.8. The van der Waals surface area contributed by atoms with E-state index < -0.39 is 0 Å². The summed E-state index contributed by atoms with van der Waals surface area (Å²) in [7, 11) is 0. The van der Waals surface area contributed by atoms with Gasteiger partial charge in [-0.2, -0.15) is 0 Å². The summed E-state index contributed by atoms with van der Waals surface area (Å²) in [6, 6.07) is 12.5. The lowest BCUT2D eigenvalue weighted by Gasteiger charge is -2.54. The molecule has 3 aliphatic rings. The minimum Gasteiger partial charge on any atom is -0.335 e. The fourth-order valence-corrected chi connectivity index (χ4v) is 6.49. The fraction of sp³-hybridized carbons (Fsp3) is 0.704. The van der Waals surface area contributed by atoms with E-state index in [9.17, 15) is 9.59 Å². The van der Waals surface area contributed by atoms with E-state index in [2.05, 4.69) is 21.9 Å². The predicted molar refractivity (Wildman–Crippen MR) is 125 cm³/mol. The molecular weight excluding hydrogens is 384 g/mol. The molecule has 1 aromatic carbocycles. The summed E-state index contributed by atoms with van der Waals surface area (Å²) in [4.78, 5) is 29.8. The summed E-state index contributed by atoms with van der Waals surface area (Å²) in [6.07, 6.45) is 15.7. The number of benzene rings is 1. The maximum absolute atomic E-state index is 13.1. The van der Waals surface area contributed by atoms with Crippen LogP contribution in [-0.2, 0) is 16.1 Å². The normalized spacial score (nSPS) is 27.8. The van der Waals surface area contributed by atoms with Gasteiger partial charge in [-0.3, -0.25) is 14.5 Å². The highest BCUT2D eigenvalue weighted by atomic mass is 16.2. The van der Waals surface area contributed by atoms with Gasteiger partial charge < -0.3 is 4.90 Å². The second-order valence-corrected chi connectivity index (χ2v) is 10.2. The van der Waals surface area contributed by atoms with Gasteiger partial charge in [0.15, 0.2) is 0 Å². The van der Waals surface area contributed by atoms with Crippen molar-refractivity contribution in [2.75, 3.05) is 0 Å². The van der Waals surface area contributed by atoms with Crippen LogP contribution < -0.4 is 0 Å². The lowest BCUT2D eigenvalue weighted by atomic mass is 9.78. The maximum atomic E-state index is 13.1. The van der Waals surface area contributed by atoms with Crippen LogP contribution in [0.4, 0.5) is 0 Å². The van der Waals surface area contributed by atoms with Crippen molar-refractivity contribution in [1.29, 1.82) is 0 Å². The van der Waals surface area contributed by atoms with Crippen LogP contribution >= 0.6 is 0 Å². The van der Waals surface area contributed by atoms with Crippen molar-refractivity contribution in [3.8, 4) is 0 Å². The number of Topliss-reactive ketones (excluding diaryl/α,β-unsaturated/α-hetero) is 1. The van der Waals surface area contributed by atoms with E-state index in [1.807, 2.05) is 18.2 Å². The summed E-state index contributed by atoms with van der Waals surface area (Å²) in [6.45, 7) is 2.16. The number of amides is 1. The largest absolute Gasteiger partial charge is 0.335 e. The average molecular weight is 425 g/mol. The van der Waals surface area contributed by atoms with Crippen molar-refractivity contribution in [2.24, 2.45) is 0 Å². The fourth-order valence-electron chi connectivity index (χ4n) is 6.49. The minimum atomic E-state index is -0.0322. The first kappa shape index (κ1) is 22.5. The van der Waals surface area contributed by atoms with Gasteiger partial charge in [0.05, 0.1) is 6.42 Å². The van der Waals surface area contributed by atoms with E-state index in [1.165, 1.54) is 71.1 Å². The molecule has 3 fully saturated rings. The third-order valence-corrected chi connectivity index (χ3v) is 7.86. The first-order valence-electron chi connectivity index (χ1n) is 12.7. The third kappa shape index (κ3) is 5.77. The zero-order chi connectivity index (χ0) is 21.6. The molecule has 0 aromatic heterocycles. The van der Waals surface area contributed by atoms with E-state index >= 15 is 0 Å². The van der Waals surface area contributed by atoms with Crippen molar-refractivity contribution < 1.29 is 9.59 Å². The average Bonchev–Trinajstić information content (AvgIpc) is 2.71. The van der Waals surface area contributed by atoms with Gasteiger partial charge in [-0.15, -0.1) is 0 Å². The van der Waals surface area contributed by atoms with Crippen LogP contribution in [0, 0.1) is 0 Å². The molecule has 0 spiro atoms. The Morgan fingerprint density at radius 2 is 1.42 bits per heavy atom. The number of piperidine rings is 2. The molecule has 2 aliphatic heterocycles. The van der Waals surface area contributed by atoms with E-state index in [4.69, 9.17) is 0 Å². The Morgan fingerprint density at radius 3 is 2.03 bits per heavy atom. The summed E-state index contributed by atoms with van der Waals surface area (Å²) in [5, 5.41) is 0. The van der Waals surface area contributed by atoms with E-state index in [0.29, 0.717) is 18.6 Å². The van der Waals surface area contributed by atoms with Gasteiger partial charge >= 0.3 is 0 Å². The molecule has 4 nitrogen and oxygen atoms in total. The Kier molecular flexibility index (Phi) is 7.81. The molecule has 1 aromatic rings. The van der Waals surface area contributed by atoms with Crippen LogP contribution in [0.1, 0.15) is 96.0 Å². The maximum Gasteiger partial charge on any atom is 0.230 e. The van der Waals surface area contributed by atoms with Crippen molar-refractivity contribution in [3.63, 3.8) is 0 Å². The molecule has 31 heavy (non-hydrogen) atoms. The van der Waals surface area contributed by atoms with Crippen molar-refractivity contribution in [2.45, 2.75) is 121 Å². The van der Waals surface area contributed by atoms with Crippen molar-refractivity contribution in [3.05, 3.63) is 35.9 Å². The molecule has 0 N–H and O–H groups in total. The standard InChI is InChI=1S/C27H40N2O2/c1-21(30)17-27(31)28(20-22-11-6-5-7-12-22)26-18-24-15-10-16-25(19-26)29(24)23-13-8-3-2-4-9-14-23/h5-7,11-12,23-26H,2-4,8-10,13-20H2,1H3/t24-,25+,26+. The number of hydrogen-bond donors (Lipinski definition) is 0. The molecule has 2 heterocycles. The highest BCUT2D eigenvalue weighted by Crippen LogP contribution is 2.40. The third-order valence-electron chi connectivity index (χ3n) is 7.86. The van der Waals surface area contributed by atoms with Crippen molar-refractivity contribution in [1.82, 2.24) is 9.80 Å². The molecule has 0 unspecified atom stereocenters. The zero-order valence-electron chi connectivity index (χ0n) is 19.3. The summed E-state index contributed by atoms with van der Waals surface area (Å²) in [5.74, 6) is -0.0194. The van der Waals surface area contributed by atoms with Gasteiger partial charge in [0.25, 0.3) is 0 Å². The summed E-state index contributed by atoms with van der Waals surface area (Å²) < 4.78 is 0. The smallest absolute Gasteiger partial charge is 0.230 e. The first-order chi connectivity index (χ1) is 15.1. The minimum absolute atomic E-state index is 0.0128. The molecule has 1 aliphatic carbocycles. The van der Waals surface area contributed by atoms with Gasteiger partial charge in [0.2, 0.25) is 5.91 Å². The van der Waals surface area contributed by atoms with Gasteiger partial charge in [0.1, 0.15) is 5.78 Å². The van der Waals surface area contributed by atoms with Crippen LogP contribution in [0.25, 0.3) is 0 Å². The Balaban J connectivity index is 1.51. The molecule has 2 bridgehead atoms.